The van der Waals surface area contributed by atoms with Gasteiger partial charge < -0.3 is 9.84 Å². The molecule has 0 aliphatic heterocycles. The van der Waals surface area contributed by atoms with Crippen LogP contribution in [0.5, 0.6) is 0 Å². The molecule has 0 amide bonds. The zero-order valence-electron chi connectivity index (χ0n) is 9.75. The molecule has 2 aromatic rings. The quantitative estimate of drug-likeness (QED) is 0.937. The van der Waals surface area contributed by atoms with Gasteiger partial charge in [-0.25, -0.2) is 4.98 Å². The summed E-state index contributed by atoms with van der Waals surface area (Å²) in [4.78, 5) is 3.65. The first-order chi connectivity index (χ1) is 8.86. The third kappa shape index (κ3) is 3.37. The van der Waals surface area contributed by atoms with Crippen LogP contribution in [0.25, 0.3) is 0 Å². The summed E-state index contributed by atoms with van der Waals surface area (Å²) in [5.41, 5.74) is -0.282. The molecule has 0 bridgehead atoms. The lowest BCUT2D eigenvalue weighted by Gasteiger charge is -2.09. The minimum atomic E-state index is -4.46. The van der Waals surface area contributed by atoms with Gasteiger partial charge in [0, 0.05) is 12.3 Å². The molecule has 0 saturated heterocycles. The Hall–Kier alpha value is -1.76. The van der Waals surface area contributed by atoms with Crippen molar-refractivity contribution < 1.29 is 17.7 Å². The Morgan fingerprint density at radius 2 is 2.11 bits per heavy atom. The topological polar surface area (TPSA) is 51.0 Å². The molecule has 0 fully saturated rings. The van der Waals surface area contributed by atoms with Crippen LogP contribution in [-0.2, 0) is 12.7 Å². The summed E-state index contributed by atoms with van der Waals surface area (Å²) >= 11 is 5.74. The van der Waals surface area contributed by atoms with Crippen LogP contribution in [0, 0.1) is 6.92 Å². The van der Waals surface area contributed by atoms with Crippen molar-refractivity contribution in [1.82, 2.24) is 10.1 Å². The van der Waals surface area contributed by atoms with Crippen molar-refractivity contribution >= 4 is 17.4 Å². The Kier molecular flexibility index (Phi) is 3.66. The van der Waals surface area contributed by atoms with Crippen molar-refractivity contribution in [3.05, 3.63) is 40.4 Å². The zero-order chi connectivity index (χ0) is 14.0. The highest BCUT2D eigenvalue weighted by Crippen LogP contribution is 2.32. The molecule has 0 aliphatic carbocycles. The van der Waals surface area contributed by atoms with E-state index in [1.54, 1.807) is 13.0 Å². The summed E-state index contributed by atoms with van der Waals surface area (Å²) < 4.78 is 42.1. The number of nitrogens with one attached hydrogen (secondary N) is 1. The lowest BCUT2D eigenvalue weighted by molar-refractivity contribution is -0.137. The first-order valence-electron chi connectivity index (χ1n) is 5.25. The molecule has 19 heavy (non-hydrogen) atoms. The van der Waals surface area contributed by atoms with Crippen LogP contribution in [0.1, 0.15) is 17.0 Å². The van der Waals surface area contributed by atoms with Crippen molar-refractivity contribution in [2.75, 3.05) is 5.32 Å². The summed E-state index contributed by atoms with van der Waals surface area (Å²) in [6, 6.07) is 2.52. The average Bonchev–Trinajstić information content (AvgIpc) is 2.72. The Balaban J connectivity index is 2.09. The molecule has 4 nitrogen and oxygen atoms in total. The molecule has 2 rings (SSSR count). The lowest BCUT2D eigenvalue weighted by Crippen LogP contribution is -2.08. The van der Waals surface area contributed by atoms with Gasteiger partial charge in [0.2, 0.25) is 0 Å². The summed E-state index contributed by atoms with van der Waals surface area (Å²) in [5, 5.41) is 6.42. The Bertz CT molecular complexity index is 583. The van der Waals surface area contributed by atoms with Gasteiger partial charge in [0.1, 0.15) is 17.3 Å². The van der Waals surface area contributed by atoms with Crippen LogP contribution in [-0.4, -0.2) is 10.1 Å². The van der Waals surface area contributed by atoms with E-state index in [0.29, 0.717) is 11.5 Å². The highest BCUT2D eigenvalue weighted by molar-refractivity contribution is 6.32. The number of rotatable bonds is 3. The number of nitrogens with zero attached hydrogens (tertiary/aromatic N) is 2. The Labute approximate surface area is 111 Å². The van der Waals surface area contributed by atoms with Gasteiger partial charge in [-0.2, -0.15) is 13.2 Å². The second kappa shape index (κ2) is 5.08. The van der Waals surface area contributed by atoms with Crippen molar-refractivity contribution in [2.45, 2.75) is 19.6 Å². The van der Waals surface area contributed by atoms with Crippen LogP contribution in [0.2, 0.25) is 5.02 Å². The van der Waals surface area contributed by atoms with Gasteiger partial charge in [-0.3, -0.25) is 0 Å². The molecule has 0 aromatic carbocycles. The molecule has 0 radical (unpaired) electrons. The first-order valence-corrected chi connectivity index (χ1v) is 5.63. The van der Waals surface area contributed by atoms with Crippen LogP contribution in [0.15, 0.2) is 22.9 Å². The number of pyridine rings is 1. The van der Waals surface area contributed by atoms with Gasteiger partial charge in [0.15, 0.2) is 0 Å². The van der Waals surface area contributed by atoms with Gasteiger partial charge in [-0.1, -0.05) is 16.8 Å². The first kappa shape index (κ1) is 13.7. The number of anilines is 1. The van der Waals surface area contributed by atoms with Crippen molar-refractivity contribution in [3.63, 3.8) is 0 Å². The number of halogens is 4. The van der Waals surface area contributed by atoms with E-state index in [-0.39, 0.29) is 17.4 Å². The molecular weight excluding hydrogens is 283 g/mol. The van der Waals surface area contributed by atoms with E-state index in [1.165, 1.54) is 0 Å². The fraction of sp³-hybridized carbons (Fsp3) is 0.273. The summed E-state index contributed by atoms with van der Waals surface area (Å²) in [7, 11) is 0. The molecule has 2 heterocycles. The number of aromatic nitrogens is 2. The van der Waals surface area contributed by atoms with E-state index in [0.717, 1.165) is 12.3 Å². The molecule has 0 saturated carbocycles. The normalized spacial score (nSPS) is 11.6. The van der Waals surface area contributed by atoms with Gasteiger partial charge in [-0.15, -0.1) is 0 Å². The Morgan fingerprint density at radius 3 is 2.63 bits per heavy atom. The second-order valence-electron chi connectivity index (χ2n) is 3.83. The predicted octanol–water partition coefficient (Wildman–Crippen LogP) is 3.66. The fourth-order valence-corrected chi connectivity index (χ4v) is 1.63. The van der Waals surface area contributed by atoms with Gasteiger partial charge in [0.25, 0.3) is 0 Å². The maximum Gasteiger partial charge on any atom is 0.417 e. The van der Waals surface area contributed by atoms with E-state index >= 15 is 0 Å². The number of hydrogen-bond acceptors (Lipinski definition) is 4. The van der Waals surface area contributed by atoms with Crippen LogP contribution in [0.3, 0.4) is 0 Å². The van der Waals surface area contributed by atoms with Crippen LogP contribution >= 0.6 is 11.6 Å². The zero-order valence-corrected chi connectivity index (χ0v) is 10.5. The van der Waals surface area contributed by atoms with Gasteiger partial charge in [-0.05, 0) is 13.0 Å². The monoisotopic (exact) mass is 291 g/mol. The van der Waals surface area contributed by atoms with Crippen LogP contribution < -0.4 is 5.32 Å². The summed E-state index contributed by atoms with van der Waals surface area (Å²) in [5.74, 6) is 0.804. The molecule has 0 atom stereocenters. The predicted molar refractivity (Wildman–Crippen MR) is 62.8 cm³/mol. The van der Waals surface area contributed by atoms with Crippen molar-refractivity contribution in [2.24, 2.45) is 0 Å². The molecule has 0 spiro atoms. The van der Waals surface area contributed by atoms with Crippen LogP contribution in [0.4, 0.5) is 19.0 Å². The fourth-order valence-electron chi connectivity index (χ4n) is 1.40. The number of aryl methyl sites for hydroxylation is 1. The highest BCUT2D eigenvalue weighted by Gasteiger charge is 2.31. The smallest absolute Gasteiger partial charge is 0.363 e. The third-order valence-electron chi connectivity index (χ3n) is 2.28. The van der Waals surface area contributed by atoms with E-state index in [4.69, 9.17) is 16.1 Å². The molecule has 0 aliphatic rings. The largest absolute Gasteiger partial charge is 0.417 e. The van der Waals surface area contributed by atoms with Crippen molar-refractivity contribution in [1.29, 1.82) is 0 Å². The summed E-state index contributed by atoms with van der Waals surface area (Å²) in [6.45, 7) is 2.00. The average molecular weight is 292 g/mol. The van der Waals surface area contributed by atoms with E-state index < -0.39 is 11.7 Å². The van der Waals surface area contributed by atoms with Gasteiger partial charge >= 0.3 is 6.18 Å². The third-order valence-corrected chi connectivity index (χ3v) is 2.57. The minimum Gasteiger partial charge on any atom is -0.363 e. The SMILES string of the molecule is Cc1cc(CNc2ncc(C(F)(F)F)cc2Cl)no1. The molecular formula is C11H9ClF3N3O. The molecule has 1 N–H and O–H groups in total. The standard InChI is InChI=1S/C11H9ClF3N3O/c1-6-2-8(18-19-6)5-17-10-9(12)3-7(4-16-10)11(13,14)15/h2-4H,5H2,1H3,(H,16,17). The molecule has 102 valence electrons. The van der Waals surface area contributed by atoms with Crippen molar-refractivity contribution in [3.8, 4) is 0 Å². The molecule has 8 heteroatoms. The van der Waals surface area contributed by atoms with E-state index in [9.17, 15) is 13.2 Å². The second-order valence-corrected chi connectivity index (χ2v) is 4.24. The molecule has 2 aromatic heterocycles. The maximum absolute atomic E-state index is 12.4. The van der Waals surface area contributed by atoms with Gasteiger partial charge in [0.05, 0.1) is 17.1 Å². The lowest BCUT2D eigenvalue weighted by atomic mass is 10.2. The highest BCUT2D eigenvalue weighted by atomic mass is 35.5. The molecule has 0 unspecified atom stereocenters. The minimum absolute atomic E-state index is 0.102. The number of hydrogen-bond donors (Lipinski definition) is 1. The number of alkyl halides is 3. The van der Waals surface area contributed by atoms with E-state index in [2.05, 4.69) is 15.5 Å². The van der Waals surface area contributed by atoms with E-state index in [1.807, 2.05) is 0 Å². The maximum atomic E-state index is 12.4. The summed E-state index contributed by atoms with van der Waals surface area (Å²) in [6.07, 6.45) is -3.74. The Morgan fingerprint density at radius 1 is 1.37 bits per heavy atom.